The molecule has 0 fully saturated rings. The third-order valence-corrected chi connectivity index (χ3v) is 5.37. The summed E-state index contributed by atoms with van der Waals surface area (Å²) < 4.78 is 10.9. The highest BCUT2D eigenvalue weighted by Crippen LogP contribution is 2.25. The fraction of sp³-hybridized carbons (Fsp3) is 0.333. The molecule has 0 aliphatic carbocycles. The first-order valence-corrected chi connectivity index (χ1v) is 12.7. The topological polar surface area (TPSA) is 133 Å². The Hall–Kier alpha value is -4.24. The minimum absolute atomic E-state index is 0.0315. The molecule has 0 aliphatic heterocycles. The average Bonchev–Trinajstić information content (AvgIpc) is 2.85. The maximum Gasteiger partial charge on any atom is 0.436 e. The molecular formula is C30H37N5O4. The van der Waals surface area contributed by atoms with E-state index in [-0.39, 0.29) is 18.4 Å². The molecule has 9 heteroatoms. The van der Waals surface area contributed by atoms with E-state index < -0.39 is 23.4 Å². The van der Waals surface area contributed by atoms with Crippen LogP contribution in [0, 0.1) is 0 Å². The molecule has 1 heterocycles. The van der Waals surface area contributed by atoms with Gasteiger partial charge >= 0.3 is 12.2 Å². The van der Waals surface area contributed by atoms with Gasteiger partial charge in [0, 0.05) is 11.8 Å². The van der Waals surface area contributed by atoms with E-state index >= 15 is 0 Å². The summed E-state index contributed by atoms with van der Waals surface area (Å²) in [5, 5.41) is 0. The van der Waals surface area contributed by atoms with Crippen LogP contribution in [0.4, 0.5) is 15.4 Å². The summed E-state index contributed by atoms with van der Waals surface area (Å²) in [5.74, 6) is 0.437. The summed E-state index contributed by atoms with van der Waals surface area (Å²) in [5.41, 5.74) is 14.2. The zero-order valence-corrected chi connectivity index (χ0v) is 23.3. The van der Waals surface area contributed by atoms with Gasteiger partial charge in [-0.15, -0.1) is 0 Å². The van der Waals surface area contributed by atoms with Gasteiger partial charge in [0.15, 0.2) is 0 Å². The van der Waals surface area contributed by atoms with Crippen LogP contribution in [0.5, 0.6) is 0 Å². The second-order valence-corrected chi connectivity index (χ2v) is 11.1. The van der Waals surface area contributed by atoms with Crippen molar-refractivity contribution in [2.75, 3.05) is 4.90 Å². The lowest BCUT2D eigenvalue weighted by atomic mass is 10.0. The molecule has 9 nitrogen and oxygen atoms in total. The highest BCUT2D eigenvalue weighted by Gasteiger charge is 2.25. The van der Waals surface area contributed by atoms with Crippen LogP contribution in [0.3, 0.4) is 0 Å². The summed E-state index contributed by atoms with van der Waals surface area (Å²) >= 11 is 0. The van der Waals surface area contributed by atoms with E-state index in [1.54, 1.807) is 78.1 Å². The lowest BCUT2D eigenvalue weighted by molar-refractivity contribution is 0.0572. The number of amides is 2. The number of ether oxygens (including phenoxy) is 2. The van der Waals surface area contributed by atoms with Crippen LogP contribution in [0.1, 0.15) is 69.8 Å². The third kappa shape index (κ3) is 8.93. The Labute approximate surface area is 229 Å². The van der Waals surface area contributed by atoms with Crippen molar-refractivity contribution in [1.82, 2.24) is 4.98 Å². The van der Waals surface area contributed by atoms with E-state index in [2.05, 4.69) is 9.98 Å². The molecule has 2 aromatic carbocycles. The zero-order valence-electron chi connectivity index (χ0n) is 23.3. The molecule has 2 amide bonds. The molecular weight excluding hydrogens is 494 g/mol. The Kier molecular flexibility index (Phi) is 9.08. The first kappa shape index (κ1) is 29.3. The Morgan fingerprint density at radius 1 is 0.897 bits per heavy atom. The Balaban J connectivity index is 1.87. The smallest absolute Gasteiger partial charge is 0.436 e. The summed E-state index contributed by atoms with van der Waals surface area (Å²) in [7, 11) is 0. The van der Waals surface area contributed by atoms with Gasteiger partial charge in [0.05, 0.1) is 12.6 Å². The molecule has 0 saturated heterocycles. The molecule has 1 unspecified atom stereocenters. The largest absolute Gasteiger partial charge is 0.443 e. The Morgan fingerprint density at radius 2 is 1.51 bits per heavy atom. The molecule has 4 N–H and O–H groups in total. The molecule has 3 rings (SSSR count). The highest BCUT2D eigenvalue weighted by molar-refractivity contribution is 6.02. The fourth-order valence-electron chi connectivity index (χ4n) is 3.60. The van der Waals surface area contributed by atoms with E-state index in [1.807, 2.05) is 36.4 Å². The first-order valence-electron chi connectivity index (χ1n) is 12.7. The second-order valence-electron chi connectivity index (χ2n) is 11.1. The number of hydrogen-bond donors (Lipinski definition) is 2. The van der Waals surface area contributed by atoms with Crippen molar-refractivity contribution in [2.24, 2.45) is 16.5 Å². The number of carbonyl (C=O) groups is 2. The van der Waals surface area contributed by atoms with Crippen LogP contribution in [0.15, 0.2) is 77.9 Å². The number of aliphatic imine (C=N–C) groups is 1. The number of nitrogens with two attached hydrogens (primary N) is 2. The van der Waals surface area contributed by atoms with E-state index in [1.165, 1.54) is 4.90 Å². The van der Waals surface area contributed by atoms with Gasteiger partial charge < -0.3 is 20.9 Å². The number of anilines is 1. The molecule has 0 aliphatic rings. The van der Waals surface area contributed by atoms with Crippen LogP contribution in [0.2, 0.25) is 0 Å². The summed E-state index contributed by atoms with van der Waals surface area (Å²) in [6, 6.07) is 20.0. The molecule has 0 radical (unpaired) electrons. The Bertz CT molecular complexity index is 1310. The number of carbonyl (C=O) groups excluding carboxylic acids is 2. The van der Waals surface area contributed by atoms with Gasteiger partial charge in [0.1, 0.15) is 22.9 Å². The fourth-order valence-corrected chi connectivity index (χ4v) is 3.60. The van der Waals surface area contributed by atoms with Gasteiger partial charge in [-0.1, -0.05) is 54.6 Å². The number of pyridine rings is 1. The minimum atomic E-state index is -0.764. The lowest BCUT2D eigenvalue weighted by Crippen LogP contribution is -2.37. The summed E-state index contributed by atoms with van der Waals surface area (Å²) in [6.07, 6.45) is 0.317. The number of nitrogens with zero attached hydrogens (tertiary/aromatic N) is 3. The van der Waals surface area contributed by atoms with Crippen LogP contribution >= 0.6 is 0 Å². The summed E-state index contributed by atoms with van der Waals surface area (Å²) in [6.45, 7) is 10.8. The standard InChI is InChI=1S/C30H37N5O4/c1-29(2,3)38-27(36)34-26(32)22-14-12-20(13-15-22)19-35(28(37)39-30(4,5)6)24-18-23(16-17-33-24)25(31)21-10-8-7-9-11-21/h7-18,25H,19,31H2,1-6H3,(H2,32,34,36). The van der Waals surface area contributed by atoms with E-state index in [4.69, 9.17) is 20.9 Å². The lowest BCUT2D eigenvalue weighted by Gasteiger charge is -2.27. The predicted molar refractivity (Wildman–Crippen MR) is 153 cm³/mol. The molecule has 0 saturated carbocycles. The maximum atomic E-state index is 13.3. The molecule has 39 heavy (non-hydrogen) atoms. The highest BCUT2D eigenvalue weighted by atomic mass is 16.6. The molecule has 206 valence electrons. The van der Waals surface area contributed by atoms with Crippen molar-refractivity contribution in [3.05, 3.63) is 95.2 Å². The molecule has 1 atom stereocenters. The molecule has 3 aromatic rings. The number of rotatable bonds is 6. The van der Waals surface area contributed by atoms with Crippen molar-refractivity contribution in [3.63, 3.8) is 0 Å². The minimum Gasteiger partial charge on any atom is -0.443 e. The molecule has 1 aromatic heterocycles. The molecule has 0 spiro atoms. The Morgan fingerprint density at radius 3 is 2.10 bits per heavy atom. The van der Waals surface area contributed by atoms with Gasteiger partial charge in [-0.3, -0.25) is 4.90 Å². The monoisotopic (exact) mass is 531 g/mol. The summed E-state index contributed by atoms with van der Waals surface area (Å²) in [4.78, 5) is 35.0. The van der Waals surface area contributed by atoms with E-state index in [9.17, 15) is 9.59 Å². The first-order chi connectivity index (χ1) is 18.2. The predicted octanol–water partition coefficient (Wildman–Crippen LogP) is 5.71. The normalized spacial score (nSPS) is 12.9. The second kappa shape index (κ2) is 12.1. The molecule has 0 bridgehead atoms. The van der Waals surface area contributed by atoms with Crippen LogP contribution in [-0.2, 0) is 16.0 Å². The maximum absolute atomic E-state index is 13.3. The van der Waals surface area contributed by atoms with Gasteiger partial charge in [0.25, 0.3) is 0 Å². The van der Waals surface area contributed by atoms with Crippen molar-refractivity contribution < 1.29 is 19.1 Å². The van der Waals surface area contributed by atoms with Gasteiger partial charge in [-0.25, -0.2) is 14.6 Å². The van der Waals surface area contributed by atoms with Crippen molar-refractivity contribution in [3.8, 4) is 0 Å². The van der Waals surface area contributed by atoms with Crippen molar-refractivity contribution in [2.45, 2.75) is 65.3 Å². The zero-order chi connectivity index (χ0) is 28.8. The van der Waals surface area contributed by atoms with Crippen LogP contribution in [-0.4, -0.2) is 34.2 Å². The number of amidine groups is 1. The van der Waals surface area contributed by atoms with Crippen molar-refractivity contribution in [1.29, 1.82) is 0 Å². The van der Waals surface area contributed by atoms with Crippen LogP contribution in [0.25, 0.3) is 0 Å². The van der Waals surface area contributed by atoms with E-state index in [0.717, 1.165) is 16.7 Å². The quantitative estimate of drug-likeness (QED) is 0.307. The van der Waals surface area contributed by atoms with Gasteiger partial charge in [-0.05, 0) is 70.4 Å². The number of benzene rings is 2. The third-order valence-electron chi connectivity index (χ3n) is 5.37. The van der Waals surface area contributed by atoms with Crippen LogP contribution < -0.4 is 16.4 Å². The SMILES string of the molecule is CC(C)(C)OC(=O)/N=C(\N)c1ccc(CN(C(=O)OC(C)(C)C)c2cc(C(N)c3ccccc3)ccn2)cc1. The van der Waals surface area contributed by atoms with Gasteiger partial charge in [-0.2, -0.15) is 4.99 Å². The van der Waals surface area contributed by atoms with E-state index in [0.29, 0.717) is 11.4 Å². The average molecular weight is 532 g/mol. The number of aromatic nitrogens is 1. The number of hydrogen-bond acceptors (Lipinski definition) is 6. The van der Waals surface area contributed by atoms with Gasteiger partial charge in [0.2, 0.25) is 0 Å². The van der Waals surface area contributed by atoms with Crippen molar-refractivity contribution >= 4 is 23.8 Å².